The molecule has 0 aliphatic carbocycles. The first-order valence-electron chi connectivity index (χ1n) is 3.26. The molecule has 1 N–H and O–H groups in total. The summed E-state index contributed by atoms with van der Waals surface area (Å²) in [6.45, 7) is 1.99. The molecule has 0 radical (unpaired) electrons. The van der Waals surface area contributed by atoms with Gasteiger partial charge in [0.2, 0.25) is 0 Å². The summed E-state index contributed by atoms with van der Waals surface area (Å²) in [7, 11) is -2.45. The number of hydrogen-bond donors (Lipinski definition) is 1. The van der Waals surface area contributed by atoms with E-state index in [0.29, 0.717) is 0 Å². The van der Waals surface area contributed by atoms with Crippen molar-refractivity contribution in [2.45, 2.75) is 24.8 Å². The predicted molar refractivity (Wildman–Crippen MR) is 40.8 cm³/mol. The van der Waals surface area contributed by atoms with Gasteiger partial charge in [0.25, 0.3) is 0 Å². The number of alkyl halides is 3. The lowest BCUT2D eigenvalue weighted by molar-refractivity contribution is -0.139. The second kappa shape index (κ2) is 3.65. The highest BCUT2D eigenvalue weighted by molar-refractivity contribution is 7.87. The molecule has 78 valence electrons. The molecular weight excluding hydrogens is 209 g/mol. The third-order valence-corrected chi connectivity index (χ3v) is 3.28. The number of hydrogen-bond acceptors (Lipinski definition) is 2. The summed E-state index contributed by atoms with van der Waals surface area (Å²) in [4.78, 5) is 10.4. The predicted octanol–water partition coefficient (Wildman–Crippen LogP) is 1.16. The molecule has 0 saturated carbocycles. The minimum atomic E-state index is -4.60. The normalized spacial score (nSPS) is 15.5. The third-order valence-electron chi connectivity index (χ3n) is 1.38. The van der Waals surface area contributed by atoms with Crippen LogP contribution < -0.4 is 0 Å². The van der Waals surface area contributed by atoms with Crippen molar-refractivity contribution >= 4 is 16.8 Å². The largest absolute Gasteiger partial charge is 0.480 e. The standard InChI is InChI=1S/C6H9F3O3S/c1-5(2,4(10)11)13(12)3-6(7,8)9/h3H2,1-2H3,(H,10,11). The van der Waals surface area contributed by atoms with E-state index in [9.17, 15) is 22.2 Å². The molecule has 0 heterocycles. The molecule has 0 saturated heterocycles. The van der Waals surface area contributed by atoms with Crippen LogP contribution in [0.4, 0.5) is 13.2 Å². The summed E-state index contributed by atoms with van der Waals surface area (Å²) < 4.78 is 44.2. The highest BCUT2D eigenvalue weighted by Gasteiger charge is 2.41. The van der Waals surface area contributed by atoms with Crippen molar-refractivity contribution < 1.29 is 27.3 Å². The molecule has 1 unspecified atom stereocenters. The molecule has 0 fully saturated rings. The fourth-order valence-electron chi connectivity index (χ4n) is 0.426. The van der Waals surface area contributed by atoms with Crippen molar-refractivity contribution in [1.82, 2.24) is 0 Å². The number of halogens is 3. The van der Waals surface area contributed by atoms with E-state index in [-0.39, 0.29) is 0 Å². The van der Waals surface area contributed by atoms with Crippen LogP contribution in [0.3, 0.4) is 0 Å². The topological polar surface area (TPSA) is 54.4 Å². The number of aliphatic carboxylic acids is 1. The van der Waals surface area contributed by atoms with Crippen LogP contribution in [0.5, 0.6) is 0 Å². The first-order valence-corrected chi connectivity index (χ1v) is 4.58. The lowest BCUT2D eigenvalue weighted by Crippen LogP contribution is -2.40. The van der Waals surface area contributed by atoms with E-state index in [4.69, 9.17) is 5.11 Å². The zero-order valence-corrected chi connectivity index (χ0v) is 7.83. The summed E-state index contributed by atoms with van der Waals surface area (Å²) in [5, 5.41) is 8.45. The molecule has 3 nitrogen and oxygen atoms in total. The lowest BCUT2D eigenvalue weighted by atomic mass is 10.2. The molecular formula is C6H9F3O3S. The number of carboxylic acid groups (broad SMARTS) is 1. The first kappa shape index (κ1) is 12.4. The second-order valence-corrected chi connectivity index (χ2v) is 4.92. The smallest absolute Gasteiger partial charge is 0.400 e. The highest BCUT2D eigenvalue weighted by Crippen LogP contribution is 2.22. The maximum atomic E-state index is 11.7. The zero-order chi connectivity index (χ0) is 10.9. The van der Waals surface area contributed by atoms with E-state index < -0.39 is 33.4 Å². The van der Waals surface area contributed by atoms with Crippen LogP contribution in [-0.2, 0) is 15.6 Å². The molecule has 0 bridgehead atoms. The van der Waals surface area contributed by atoms with Crippen LogP contribution in [0.1, 0.15) is 13.8 Å². The van der Waals surface area contributed by atoms with E-state index in [2.05, 4.69) is 0 Å². The van der Waals surface area contributed by atoms with Crippen LogP contribution in [-0.4, -0.2) is 32.0 Å². The van der Waals surface area contributed by atoms with Gasteiger partial charge in [0, 0.05) is 10.8 Å². The van der Waals surface area contributed by atoms with Gasteiger partial charge in [-0.05, 0) is 13.8 Å². The molecule has 1 atom stereocenters. The Morgan fingerprint density at radius 3 is 2.00 bits per heavy atom. The van der Waals surface area contributed by atoms with Crippen LogP contribution in [0.15, 0.2) is 0 Å². The van der Waals surface area contributed by atoms with Crippen molar-refractivity contribution in [1.29, 1.82) is 0 Å². The molecule has 0 rings (SSSR count). The first-order chi connectivity index (χ1) is 5.57. The van der Waals surface area contributed by atoms with Gasteiger partial charge in [-0.3, -0.25) is 9.00 Å². The number of carbonyl (C=O) groups is 1. The van der Waals surface area contributed by atoms with Crippen LogP contribution >= 0.6 is 0 Å². The summed E-state index contributed by atoms with van der Waals surface area (Å²) in [5.41, 5.74) is 0. The average Bonchev–Trinajstić information content (AvgIpc) is 1.82. The van der Waals surface area contributed by atoms with E-state index >= 15 is 0 Å². The van der Waals surface area contributed by atoms with E-state index in [0.717, 1.165) is 13.8 Å². The minimum absolute atomic E-state index is 0.997. The molecule has 13 heavy (non-hydrogen) atoms. The Morgan fingerprint density at radius 1 is 1.38 bits per heavy atom. The Bertz CT molecular complexity index is 234. The fourth-order valence-corrected chi connectivity index (χ4v) is 1.28. The SMILES string of the molecule is CC(C)(C(=O)O)S(=O)CC(F)(F)F. The van der Waals surface area contributed by atoms with Gasteiger partial charge in [0.05, 0.1) is 0 Å². The molecule has 0 aromatic rings. The number of carboxylic acids is 1. The summed E-state index contributed by atoms with van der Waals surface area (Å²) in [6.07, 6.45) is -4.60. The molecule has 0 aliphatic rings. The van der Waals surface area contributed by atoms with Crippen molar-refractivity contribution in [3.63, 3.8) is 0 Å². The third kappa shape index (κ3) is 3.75. The summed E-state index contributed by atoms with van der Waals surface area (Å²) in [6, 6.07) is 0. The second-order valence-electron chi connectivity index (χ2n) is 2.92. The Hall–Kier alpha value is -0.590. The quantitative estimate of drug-likeness (QED) is 0.773. The van der Waals surface area contributed by atoms with Crippen molar-refractivity contribution in [3.05, 3.63) is 0 Å². The molecule has 0 aromatic heterocycles. The highest BCUT2D eigenvalue weighted by atomic mass is 32.2. The maximum absolute atomic E-state index is 11.7. The van der Waals surface area contributed by atoms with Gasteiger partial charge in [-0.15, -0.1) is 0 Å². The van der Waals surface area contributed by atoms with Gasteiger partial charge in [-0.25, -0.2) is 0 Å². The van der Waals surface area contributed by atoms with E-state index in [1.807, 2.05) is 0 Å². The Balaban J connectivity index is 4.53. The van der Waals surface area contributed by atoms with Gasteiger partial charge < -0.3 is 5.11 Å². The van der Waals surface area contributed by atoms with Gasteiger partial charge in [-0.2, -0.15) is 13.2 Å². The monoisotopic (exact) mass is 218 g/mol. The molecule has 0 spiro atoms. The van der Waals surface area contributed by atoms with Crippen molar-refractivity contribution in [3.8, 4) is 0 Å². The molecule has 0 amide bonds. The van der Waals surface area contributed by atoms with Gasteiger partial charge in [-0.1, -0.05) is 0 Å². The molecule has 0 aliphatic heterocycles. The van der Waals surface area contributed by atoms with Crippen molar-refractivity contribution in [2.75, 3.05) is 5.75 Å². The Morgan fingerprint density at radius 2 is 1.77 bits per heavy atom. The zero-order valence-electron chi connectivity index (χ0n) is 7.01. The number of rotatable bonds is 3. The summed E-state index contributed by atoms with van der Waals surface area (Å²) >= 11 is 0. The van der Waals surface area contributed by atoms with Crippen LogP contribution in [0.25, 0.3) is 0 Å². The Labute approximate surface area is 75.4 Å². The lowest BCUT2D eigenvalue weighted by Gasteiger charge is -2.19. The van der Waals surface area contributed by atoms with Gasteiger partial charge >= 0.3 is 12.1 Å². The van der Waals surface area contributed by atoms with E-state index in [1.165, 1.54) is 0 Å². The Kier molecular flexibility index (Phi) is 3.48. The maximum Gasteiger partial charge on any atom is 0.400 e. The summed E-state index contributed by atoms with van der Waals surface area (Å²) in [5.74, 6) is -3.10. The van der Waals surface area contributed by atoms with Crippen molar-refractivity contribution in [2.24, 2.45) is 0 Å². The average molecular weight is 218 g/mol. The molecule has 7 heteroatoms. The fraction of sp³-hybridized carbons (Fsp3) is 0.833. The van der Waals surface area contributed by atoms with E-state index in [1.54, 1.807) is 0 Å². The minimum Gasteiger partial charge on any atom is -0.480 e. The molecule has 0 aromatic carbocycles. The van der Waals surface area contributed by atoms with Crippen LogP contribution in [0.2, 0.25) is 0 Å². The van der Waals surface area contributed by atoms with Gasteiger partial charge in [0.15, 0.2) is 0 Å². The van der Waals surface area contributed by atoms with Crippen LogP contribution in [0, 0.1) is 0 Å². The van der Waals surface area contributed by atoms with Gasteiger partial charge in [0.1, 0.15) is 10.5 Å².